The minimum atomic E-state index is -0.539. The van der Waals surface area contributed by atoms with Crippen molar-refractivity contribution in [3.63, 3.8) is 0 Å². The first-order chi connectivity index (χ1) is 7.74. The molecule has 1 rings (SSSR count). The Balaban J connectivity index is 2.24. The molecule has 1 atom stereocenters. The quantitative estimate of drug-likeness (QED) is 0.721. The van der Waals surface area contributed by atoms with Gasteiger partial charge in [0.15, 0.2) is 0 Å². The van der Waals surface area contributed by atoms with E-state index in [-0.39, 0.29) is 0 Å². The standard InChI is InChI=1S/C13H20O3/c1-11-4-6-12(7-5-11)13(14)10-16-9-3-8-15-2/h4-7,13-14H,3,8-10H2,1-2H3. The Morgan fingerprint density at radius 1 is 1.19 bits per heavy atom. The molecule has 0 saturated heterocycles. The highest BCUT2D eigenvalue weighted by atomic mass is 16.5. The van der Waals surface area contributed by atoms with Gasteiger partial charge in [-0.3, -0.25) is 0 Å². The maximum atomic E-state index is 9.81. The lowest BCUT2D eigenvalue weighted by Crippen LogP contribution is -2.09. The van der Waals surface area contributed by atoms with E-state index in [0.717, 1.165) is 12.0 Å². The molecular weight excluding hydrogens is 204 g/mol. The molecule has 0 radical (unpaired) electrons. The molecule has 0 amide bonds. The van der Waals surface area contributed by atoms with Crippen LogP contribution in [0, 0.1) is 6.92 Å². The van der Waals surface area contributed by atoms with Gasteiger partial charge in [0.1, 0.15) is 6.10 Å². The summed E-state index contributed by atoms with van der Waals surface area (Å²) in [5.74, 6) is 0. The number of aliphatic hydroxyl groups is 1. The largest absolute Gasteiger partial charge is 0.386 e. The number of aryl methyl sites for hydroxylation is 1. The Kier molecular flexibility index (Phi) is 6.08. The maximum Gasteiger partial charge on any atom is 0.102 e. The van der Waals surface area contributed by atoms with Crippen LogP contribution in [0.25, 0.3) is 0 Å². The molecule has 0 heterocycles. The predicted octanol–water partition coefficient (Wildman–Crippen LogP) is 2.08. The van der Waals surface area contributed by atoms with E-state index in [1.54, 1.807) is 7.11 Å². The van der Waals surface area contributed by atoms with Crippen LogP contribution in [0.3, 0.4) is 0 Å². The molecule has 1 aromatic carbocycles. The first-order valence-electron chi connectivity index (χ1n) is 5.55. The van der Waals surface area contributed by atoms with Crippen LogP contribution in [0.1, 0.15) is 23.7 Å². The van der Waals surface area contributed by atoms with Crippen LogP contribution < -0.4 is 0 Å². The van der Waals surface area contributed by atoms with Gasteiger partial charge in [-0.25, -0.2) is 0 Å². The van der Waals surface area contributed by atoms with Gasteiger partial charge in [-0.05, 0) is 18.9 Å². The number of ether oxygens (including phenoxy) is 2. The van der Waals surface area contributed by atoms with Crippen LogP contribution in [0.2, 0.25) is 0 Å². The molecular formula is C13H20O3. The second-order valence-electron chi connectivity index (χ2n) is 3.85. The zero-order valence-electron chi connectivity index (χ0n) is 9.98. The van der Waals surface area contributed by atoms with E-state index in [4.69, 9.17) is 9.47 Å². The number of hydrogen-bond donors (Lipinski definition) is 1. The lowest BCUT2D eigenvalue weighted by molar-refractivity contribution is 0.0279. The van der Waals surface area contributed by atoms with Crippen molar-refractivity contribution in [2.45, 2.75) is 19.4 Å². The molecule has 1 aromatic rings. The minimum Gasteiger partial charge on any atom is -0.386 e. The Morgan fingerprint density at radius 3 is 2.50 bits per heavy atom. The molecule has 0 aromatic heterocycles. The Morgan fingerprint density at radius 2 is 1.88 bits per heavy atom. The summed E-state index contributed by atoms with van der Waals surface area (Å²) in [5.41, 5.74) is 2.09. The van der Waals surface area contributed by atoms with Gasteiger partial charge < -0.3 is 14.6 Å². The van der Waals surface area contributed by atoms with Crippen molar-refractivity contribution in [2.24, 2.45) is 0 Å². The normalized spacial score (nSPS) is 12.7. The van der Waals surface area contributed by atoms with E-state index in [1.165, 1.54) is 5.56 Å². The van der Waals surface area contributed by atoms with Crippen molar-refractivity contribution in [2.75, 3.05) is 26.9 Å². The topological polar surface area (TPSA) is 38.7 Å². The van der Waals surface area contributed by atoms with Crippen molar-refractivity contribution < 1.29 is 14.6 Å². The summed E-state index contributed by atoms with van der Waals surface area (Å²) in [4.78, 5) is 0. The molecule has 0 fully saturated rings. The van der Waals surface area contributed by atoms with E-state index in [9.17, 15) is 5.11 Å². The molecule has 3 heteroatoms. The minimum absolute atomic E-state index is 0.340. The third-order valence-electron chi connectivity index (χ3n) is 2.37. The molecule has 1 N–H and O–H groups in total. The van der Waals surface area contributed by atoms with Crippen LogP contribution >= 0.6 is 0 Å². The van der Waals surface area contributed by atoms with Crippen LogP contribution in [-0.4, -0.2) is 32.0 Å². The zero-order valence-corrected chi connectivity index (χ0v) is 9.98. The van der Waals surface area contributed by atoms with Gasteiger partial charge in [0.25, 0.3) is 0 Å². The average Bonchev–Trinajstić information content (AvgIpc) is 2.29. The average molecular weight is 224 g/mol. The summed E-state index contributed by atoms with van der Waals surface area (Å²) in [7, 11) is 1.67. The first kappa shape index (κ1) is 13.2. The summed E-state index contributed by atoms with van der Waals surface area (Å²) in [6.45, 7) is 3.68. The molecule has 0 aliphatic rings. The van der Waals surface area contributed by atoms with Gasteiger partial charge in [-0.2, -0.15) is 0 Å². The highest BCUT2D eigenvalue weighted by molar-refractivity contribution is 5.23. The van der Waals surface area contributed by atoms with E-state index in [0.29, 0.717) is 19.8 Å². The van der Waals surface area contributed by atoms with Crippen molar-refractivity contribution in [1.29, 1.82) is 0 Å². The highest BCUT2D eigenvalue weighted by Crippen LogP contribution is 2.13. The Hall–Kier alpha value is -0.900. The fraction of sp³-hybridized carbons (Fsp3) is 0.538. The highest BCUT2D eigenvalue weighted by Gasteiger charge is 2.06. The van der Waals surface area contributed by atoms with Gasteiger partial charge in [-0.15, -0.1) is 0 Å². The van der Waals surface area contributed by atoms with Crippen molar-refractivity contribution >= 4 is 0 Å². The van der Waals surface area contributed by atoms with E-state index >= 15 is 0 Å². The molecule has 16 heavy (non-hydrogen) atoms. The van der Waals surface area contributed by atoms with E-state index in [2.05, 4.69) is 0 Å². The number of benzene rings is 1. The van der Waals surface area contributed by atoms with Crippen molar-refractivity contribution in [3.05, 3.63) is 35.4 Å². The predicted molar refractivity (Wildman–Crippen MR) is 63.5 cm³/mol. The van der Waals surface area contributed by atoms with Gasteiger partial charge >= 0.3 is 0 Å². The molecule has 0 aliphatic carbocycles. The van der Waals surface area contributed by atoms with Gasteiger partial charge in [0.05, 0.1) is 6.61 Å². The Bertz CT molecular complexity index is 282. The van der Waals surface area contributed by atoms with E-state index in [1.807, 2.05) is 31.2 Å². The Labute approximate surface area is 97.0 Å². The van der Waals surface area contributed by atoms with Gasteiger partial charge in [0.2, 0.25) is 0 Å². The van der Waals surface area contributed by atoms with Gasteiger partial charge in [0, 0.05) is 20.3 Å². The lowest BCUT2D eigenvalue weighted by atomic mass is 10.1. The lowest BCUT2D eigenvalue weighted by Gasteiger charge is -2.11. The molecule has 0 aliphatic heterocycles. The molecule has 3 nitrogen and oxygen atoms in total. The maximum absolute atomic E-state index is 9.81. The smallest absolute Gasteiger partial charge is 0.102 e. The van der Waals surface area contributed by atoms with Crippen molar-refractivity contribution in [3.8, 4) is 0 Å². The molecule has 0 bridgehead atoms. The van der Waals surface area contributed by atoms with Crippen LogP contribution in [-0.2, 0) is 9.47 Å². The molecule has 0 saturated carbocycles. The van der Waals surface area contributed by atoms with E-state index < -0.39 is 6.10 Å². The number of methoxy groups -OCH3 is 1. The number of hydrogen-bond acceptors (Lipinski definition) is 3. The SMILES string of the molecule is COCCCOCC(O)c1ccc(C)cc1. The fourth-order valence-electron chi connectivity index (χ4n) is 1.39. The zero-order chi connectivity index (χ0) is 11.8. The molecule has 1 unspecified atom stereocenters. The molecule has 90 valence electrons. The number of rotatable bonds is 7. The third kappa shape index (κ3) is 4.75. The summed E-state index contributed by atoms with van der Waals surface area (Å²) >= 11 is 0. The monoisotopic (exact) mass is 224 g/mol. The van der Waals surface area contributed by atoms with Gasteiger partial charge in [-0.1, -0.05) is 29.8 Å². The van der Waals surface area contributed by atoms with Crippen LogP contribution in [0.4, 0.5) is 0 Å². The molecule has 0 spiro atoms. The van der Waals surface area contributed by atoms with Crippen molar-refractivity contribution in [1.82, 2.24) is 0 Å². The second-order valence-corrected chi connectivity index (χ2v) is 3.85. The van der Waals surface area contributed by atoms with Crippen LogP contribution in [0.5, 0.6) is 0 Å². The summed E-state index contributed by atoms with van der Waals surface area (Å²) < 4.78 is 10.3. The summed E-state index contributed by atoms with van der Waals surface area (Å²) in [6.07, 6.45) is 0.319. The fourth-order valence-corrected chi connectivity index (χ4v) is 1.39. The second kappa shape index (κ2) is 7.39. The number of aliphatic hydroxyl groups excluding tert-OH is 1. The first-order valence-corrected chi connectivity index (χ1v) is 5.55. The summed E-state index contributed by atoms with van der Waals surface area (Å²) in [5, 5.41) is 9.81. The third-order valence-corrected chi connectivity index (χ3v) is 2.37. The summed E-state index contributed by atoms with van der Waals surface area (Å²) in [6, 6.07) is 7.84. The van der Waals surface area contributed by atoms with Crippen LogP contribution in [0.15, 0.2) is 24.3 Å².